The number of nitrogens with zero attached hydrogens (tertiary/aromatic N) is 4. The molecule has 1 fully saturated rings. The van der Waals surface area contributed by atoms with E-state index in [1.165, 1.54) is 35.7 Å². The maximum atomic E-state index is 14.3. The molecule has 2 aromatic carbocycles. The Labute approximate surface area is 300 Å². The van der Waals surface area contributed by atoms with Gasteiger partial charge in [-0.3, -0.25) is 9.32 Å². The number of aliphatic hydroxyl groups excluding tert-OH is 1. The molecule has 1 aliphatic heterocycles. The number of aliphatic hydroxyl groups is 1. The van der Waals surface area contributed by atoms with Crippen molar-refractivity contribution in [1.29, 1.82) is 5.26 Å². The number of rotatable bonds is 16. The molecule has 1 saturated heterocycles. The van der Waals surface area contributed by atoms with Crippen molar-refractivity contribution in [2.45, 2.75) is 69.6 Å². The summed E-state index contributed by atoms with van der Waals surface area (Å²) in [6.07, 6.45) is -2.12. The van der Waals surface area contributed by atoms with E-state index in [2.05, 4.69) is 15.2 Å². The SMILES string of the molecule is CCC(CC)COC(=O)[C@H](C)N[P@](=O)(OC[C@H]1O[C@@](C#N)(c2ccc3c(N)ncnn23)[C@H](OC(=O)[C@H](N)c2ccccc2)[C@@H]1O)Oc1ccccc1. The van der Waals surface area contributed by atoms with Gasteiger partial charge in [0, 0.05) is 0 Å². The van der Waals surface area contributed by atoms with Crippen LogP contribution in [0.1, 0.15) is 50.9 Å². The first-order valence-corrected chi connectivity index (χ1v) is 18.3. The number of hydrogen-bond donors (Lipinski definition) is 4. The molecule has 0 amide bonds. The van der Waals surface area contributed by atoms with Gasteiger partial charge in [-0.1, -0.05) is 75.2 Å². The molecule has 1 aliphatic rings. The number of hydrogen-bond acceptors (Lipinski definition) is 14. The van der Waals surface area contributed by atoms with Crippen LogP contribution >= 0.6 is 7.75 Å². The molecule has 0 radical (unpaired) electrons. The second-order valence-corrected chi connectivity index (χ2v) is 14.0. The molecule has 0 spiro atoms. The smallest absolute Gasteiger partial charge is 0.459 e. The maximum Gasteiger partial charge on any atom is 0.459 e. The number of nitrogens with one attached hydrogen (secondary N) is 1. The van der Waals surface area contributed by atoms with Crippen molar-refractivity contribution < 1.29 is 42.5 Å². The molecule has 5 rings (SSSR count). The highest BCUT2D eigenvalue weighted by atomic mass is 31.2. The minimum absolute atomic E-state index is 0.0439. The van der Waals surface area contributed by atoms with Crippen LogP contribution in [0.2, 0.25) is 0 Å². The molecule has 17 heteroatoms. The van der Waals surface area contributed by atoms with Crippen LogP contribution in [0.5, 0.6) is 5.75 Å². The van der Waals surface area contributed by atoms with Crippen LogP contribution < -0.4 is 21.1 Å². The van der Waals surface area contributed by atoms with Gasteiger partial charge in [0.25, 0.3) is 0 Å². The van der Waals surface area contributed by atoms with Gasteiger partial charge in [-0.15, -0.1) is 0 Å². The molecular formula is C35H42N7O9P. The summed E-state index contributed by atoms with van der Waals surface area (Å²) >= 11 is 0. The lowest BCUT2D eigenvalue weighted by atomic mass is 9.92. The van der Waals surface area contributed by atoms with E-state index >= 15 is 0 Å². The van der Waals surface area contributed by atoms with Crippen molar-refractivity contribution in [2.75, 3.05) is 18.9 Å². The lowest BCUT2D eigenvalue weighted by molar-refractivity contribution is -0.162. The van der Waals surface area contributed by atoms with Crippen molar-refractivity contribution in [1.82, 2.24) is 19.7 Å². The Morgan fingerprint density at radius 3 is 2.42 bits per heavy atom. The van der Waals surface area contributed by atoms with Gasteiger partial charge in [-0.25, -0.2) is 18.9 Å². The van der Waals surface area contributed by atoms with E-state index in [9.17, 15) is 24.5 Å². The first-order chi connectivity index (χ1) is 24.9. The molecule has 6 N–H and O–H groups in total. The minimum atomic E-state index is -4.45. The van der Waals surface area contributed by atoms with E-state index in [4.69, 9.17) is 34.7 Å². The van der Waals surface area contributed by atoms with Crippen LogP contribution in [0, 0.1) is 17.2 Å². The summed E-state index contributed by atoms with van der Waals surface area (Å²) in [6, 6.07) is 19.1. The normalized spacial score (nSPS) is 22.3. The average Bonchev–Trinajstić information content (AvgIpc) is 3.71. The fraction of sp³-hybridized carbons (Fsp3) is 0.400. The molecule has 7 atom stereocenters. The van der Waals surface area contributed by atoms with Crippen LogP contribution in [0.15, 0.2) is 79.1 Å². The maximum absolute atomic E-state index is 14.3. The highest BCUT2D eigenvalue weighted by Gasteiger charge is 2.61. The summed E-state index contributed by atoms with van der Waals surface area (Å²) in [7, 11) is -4.45. The summed E-state index contributed by atoms with van der Waals surface area (Å²) in [5, 5.41) is 29.2. The molecule has 0 aliphatic carbocycles. The molecule has 52 heavy (non-hydrogen) atoms. The highest BCUT2D eigenvalue weighted by Crippen LogP contribution is 2.48. The fourth-order valence-corrected chi connectivity index (χ4v) is 7.20. The third-order valence-corrected chi connectivity index (χ3v) is 10.5. The Bertz CT molecular complexity index is 1920. The van der Waals surface area contributed by atoms with Crippen molar-refractivity contribution in [3.8, 4) is 11.8 Å². The Kier molecular flexibility index (Phi) is 12.3. The van der Waals surface area contributed by atoms with E-state index < -0.39 is 62.3 Å². The molecule has 0 bridgehead atoms. The van der Waals surface area contributed by atoms with Crippen LogP contribution in [0.4, 0.5) is 5.82 Å². The number of aromatic nitrogens is 3. The summed E-state index contributed by atoms with van der Waals surface area (Å²) in [6.45, 7) is 4.94. The van der Waals surface area contributed by atoms with Gasteiger partial charge in [-0.05, 0) is 42.7 Å². The minimum Gasteiger partial charge on any atom is -0.464 e. The monoisotopic (exact) mass is 735 g/mol. The zero-order valence-electron chi connectivity index (χ0n) is 28.9. The third-order valence-electron chi connectivity index (χ3n) is 8.81. The number of para-hydroxylation sites is 1. The Morgan fingerprint density at radius 1 is 1.10 bits per heavy atom. The summed E-state index contributed by atoms with van der Waals surface area (Å²) in [5.41, 5.74) is 10.8. The second kappa shape index (κ2) is 16.6. The topological polar surface area (TPSA) is 236 Å². The van der Waals surface area contributed by atoms with Crippen molar-refractivity contribution in [3.05, 3.63) is 90.4 Å². The molecule has 4 aromatic rings. The standard InChI is InChI=1S/C35H42N7O9P/c1-4-23(5-2)18-47-33(44)22(3)41-52(46,51-25-14-10-7-11-15-25)48-19-27-30(43)31(49-34(45)29(37)24-12-8-6-9-13-24)35(20-36,50-27)28-17-16-26-32(38)39-21-40-42(26)28/h6-17,21-23,27,29-31,43H,4-5,18-19,37H2,1-3H3,(H,41,46)(H2,38,39,40)/t22-,27+,29+,30+,31+,35-,52-/m0/s1. The van der Waals surface area contributed by atoms with E-state index in [1.807, 2.05) is 19.9 Å². The van der Waals surface area contributed by atoms with Gasteiger partial charge in [0.1, 0.15) is 48.0 Å². The van der Waals surface area contributed by atoms with Crippen molar-refractivity contribution in [2.24, 2.45) is 11.7 Å². The number of carbonyl (C=O) groups excluding carboxylic acids is 2. The molecule has 3 heterocycles. The summed E-state index contributed by atoms with van der Waals surface area (Å²) in [5.74, 6) is -1.25. The summed E-state index contributed by atoms with van der Waals surface area (Å²) in [4.78, 5) is 30.3. The molecule has 16 nitrogen and oxygen atoms in total. The lowest BCUT2D eigenvalue weighted by Gasteiger charge is -2.28. The van der Waals surface area contributed by atoms with Gasteiger partial charge < -0.3 is 35.3 Å². The second-order valence-electron chi connectivity index (χ2n) is 12.3. The molecule has 2 aromatic heterocycles. The van der Waals surface area contributed by atoms with E-state index in [1.54, 1.807) is 48.5 Å². The van der Waals surface area contributed by atoms with Crippen molar-refractivity contribution >= 4 is 31.0 Å². The molecular weight excluding hydrogens is 693 g/mol. The van der Waals surface area contributed by atoms with Crippen LogP contribution in [0.25, 0.3) is 5.52 Å². The highest BCUT2D eigenvalue weighted by molar-refractivity contribution is 7.52. The lowest BCUT2D eigenvalue weighted by Crippen LogP contribution is -2.45. The first-order valence-electron chi connectivity index (χ1n) is 16.8. The number of anilines is 1. The number of ether oxygens (including phenoxy) is 3. The largest absolute Gasteiger partial charge is 0.464 e. The molecule has 0 saturated carbocycles. The van der Waals surface area contributed by atoms with Crippen LogP contribution in [-0.4, -0.2) is 69.2 Å². The summed E-state index contributed by atoms with van der Waals surface area (Å²) < 4.78 is 44.6. The number of carbonyl (C=O) groups is 2. The Morgan fingerprint density at radius 2 is 1.77 bits per heavy atom. The number of esters is 2. The number of nitrogen functional groups attached to an aromatic ring is 1. The number of fused-ring (bicyclic) bond motifs is 1. The van der Waals surface area contributed by atoms with Gasteiger partial charge in [0.05, 0.1) is 18.9 Å². The van der Waals surface area contributed by atoms with Crippen molar-refractivity contribution in [3.63, 3.8) is 0 Å². The number of nitrogens with two attached hydrogens (primary N) is 2. The van der Waals surface area contributed by atoms with Gasteiger partial charge in [-0.2, -0.15) is 15.4 Å². The zero-order valence-corrected chi connectivity index (χ0v) is 29.8. The Balaban J connectivity index is 1.44. The van der Waals surface area contributed by atoms with E-state index in [0.29, 0.717) is 11.1 Å². The van der Waals surface area contributed by atoms with Crippen LogP contribution in [-0.2, 0) is 38.5 Å². The fourth-order valence-electron chi connectivity index (χ4n) is 5.70. The Hall–Kier alpha value is -4.88. The quantitative estimate of drug-likeness (QED) is 0.0951. The molecule has 0 unspecified atom stereocenters. The van der Waals surface area contributed by atoms with Gasteiger partial charge >= 0.3 is 19.7 Å². The first kappa shape index (κ1) is 38.4. The predicted molar refractivity (Wildman–Crippen MR) is 187 cm³/mol. The van der Waals surface area contributed by atoms with E-state index in [0.717, 1.165) is 19.2 Å². The van der Waals surface area contributed by atoms with Crippen LogP contribution in [0.3, 0.4) is 0 Å². The third kappa shape index (κ3) is 8.26. The van der Waals surface area contributed by atoms with E-state index in [-0.39, 0.29) is 29.8 Å². The average molecular weight is 736 g/mol. The van der Waals surface area contributed by atoms with Gasteiger partial charge in [0.15, 0.2) is 11.9 Å². The number of benzene rings is 2. The number of nitriles is 1. The zero-order chi connectivity index (χ0) is 37.5. The predicted octanol–water partition coefficient (Wildman–Crippen LogP) is 3.56. The van der Waals surface area contributed by atoms with Gasteiger partial charge in [0.2, 0.25) is 5.60 Å². The molecule has 276 valence electrons.